The number of carbonyl (C=O) groups excluding carboxylic acids is 4. The molecule has 0 saturated carbocycles. The van der Waals surface area contributed by atoms with Crippen LogP contribution in [-0.2, 0) is 65.4 Å². The lowest BCUT2D eigenvalue weighted by molar-refractivity contribution is -0.161. The highest BCUT2D eigenvalue weighted by molar-refractivity contribution is 7.47. The summed E-state index contributed by atoms with van der Waals surface area (Å²) in [6.45, 7) is 4.74. The summed E-state index contributed by atoms with van der Waals surface area (Å²) in [5.41, 5.74) is 0. The molecule has 106 heavy (non-hydrogen) atoms. The number of hydrogen-bond acceptors (Lipinski definition) is 15. The van der Waals surface area contributed by atoms with Gasteiger partial charge in [0.1, 0.15) is 19.3 Å². The monoisotopic (exact) mass is 1530 g/mol. The van der Waals surface area contributed by atoms with Crippen molar-refractivity contribution in [1.29, 1.82) is 0 Å². The molecule has 0 heterocycles. The first-order valence-corrected chi connectivity index (χ1v) is 45.1. The molecule has 0 aliphatic carbocycles. The van der Waals surface area contributed by atoms with Crippen LogP contribution >= 0.6 is 15.6 Å². The maximum Gasteiger partial charge on any atom is 0.472 e. The Hall–Kier alpha value is -4.28. The van der Waals surface area contributed by atoms with Crippen molar-refractivity contribution in [3.8, 4) is 0 Å². The molecule has 5 atom stereocenters. The maximum atomic E-state index is 13.1. The number of phosphoric ester groups is 2. The first kappa shape index (κ1) is 102. The van der Waals surface area contributed by atoms with Crippen LogP contribution in [0.1, 0.15) is 362 Å². The maximum absolute atomic E-state index is 13.1. The largest absolute Gasteiger partial charge is 0.472 e. The molecule has 0 aromatic carbocycles. The highest BCUT2D eigenvalue weighted by Crippen LogP contribution is 2.45. The molecule has 19 heteroatoms. The number of hydrogen-bond donors (Lipinski definition) is 3. The van der Waals surface area contributed by atoms with Gasteiger partial charge in [0.25, 0.3) is 0 Å². The minimum atomic E-state index is -5.01. The van der Waals surface area contributed by atoms with Crippen LogP contribution in [0.4, 0.5) is 0 Å². The summed E-state index contributed by atoms with van der Waals surface area (Å²) in [6.07, 6.45) is 86.4. The van der Waals surface area contributed by atoms with E-state index in [1.165, 1.54) is 154 Å². The van der Waals surface area contributed by atoms with Crippen LogP contribution in [0.3, 0.4) is 0 Å². The molecule has 0 saturated heterocycles. The Kier molecular flexibility index (Phi) is 75.6. The fraction of sp³-hybridized carbons (Fsp3) is 0.747. The number of aliphatic hydroxyl groups is 1. The summed E-state index contributed by atoms with van der Waals surface area (Å²) < 4.78 is 68.6. The molecule has 0 aromatic rings. The molecule has 0 radical (unpaired) electrons. The molecule has 3 N–H and O–H groups in total. The average molecular weight is 1530 g/mol. The average Bonchev–Trinajstić information content (AvgIpc) is 0.905. The third-order valence-corrected chi connectivity index (χ3v) is 19.6. The van der Waals surface area contributed by atoms with Crippen molar-refractivity contribution < 1.29 is 80.2 Å². The van der Waals surface area contributed by atoms with Gasteiger partial charge in [0.2, 0.25) is 0 Å². The molecule has 0 aliphatic rings. The smallest absolute Gasteiger partial charge is 0.462 e. The molecule has 0 fully saturated rings. The van der Waals surface area contributed by atoms with Crippen molar-refractivity contribution in [3.63, 3.8) is 0 Å². The minimum Gasteiger partial charge on any atom is -0.462 e. The number of phosphoric acid groups is 2. The van der Waals surface area contributed by atoms with Gasteiger partial charge in [0, 0.05) is 25.7 Å². The summed E-state index contributed by atoms with van der Waals surface area (Å²) in [6, 6.07) is 0. The Morgan fingerprint density at radius 3 is 0.783 bits per heavy atom. The number of esters is 4. The van der Waals surface area contributed by atoms with Crippen LogP contribution in [0.25, 0.3) is 0 Å². The van der Waals surface area contributed by atoms with Crippen molar-refractivity contribution in [1.82, 2.24) is 0 Å². The van der Waals surface area contributed by atoms with E-state index in [-0.39, 0.29) is 25.7 Å². The topological polar surface area (TPSA) is 237 Å². The summed E-state index contributed by atoms with van der Waals surface area (Å²) in [5, 5.41) is 10.7. The zero-order chi connectivity index (χ0) is 77.4. The zero-order valence-electron chi connectivity index (χ0n) is 67.1. The SMILES string of the molecule is CCCCC/C=C\C/C=C\C/C=C\C/C=C\CCCC(=O)OC[C@H](COP(=O)(O)OC[C@@H](O)COP(=O)(O)OC[C@@H](COC(=O)CCCCCCC/C=C\CCCCCCCC)OC(=O)CCCCCCCCCCCCCCCCCCC)OC(=O)CCC/C=C\C/C=C\C/C=C\C/C=C\CCCCC. The molecule has 0 spiro atoms. The third-order valence-electron chi connectivity index (χ3n) is 17.7. The molecule has 0 bridgehead atoms. The van der Waals surface area contributed by atoms with Crippen LogP contribution < -0.4 is 0 Å². The van der Waals surface area contributed by atoms with Crippen LogP contribution in [0.15, 0.2) is 109 Å². The quantitative estimate of drug-likeness (QED) is 0.0169. The minimum absolute atomic E-state index is 0.00657. The fourth-order valence-electron chi connectivity index (χ4n) is 11.3. The summed E-state index contributed by atoms with van der Waals surface area (Å²) >= 11 is 0. The number of unbranched alkanes of at least 4 members (excludes halogenated alkanes) is 35. The number of carbonyl (C=O) groups is 4. The Morgan fingerprint density at radius 2 is 0.472 bits per heavy atom. The number of allylic oxidation sites excluding steroid dienone is 18. The Balaban J connectivity index is 5.45. The van der Waals surface area contributed by atoms with Crippen molar-refractivity contribution in [2.45, 2.75) is 380 Å². The van der Waals surface area contributed by atoms with E-state index in [4.69, 9.17) is 37.0 Å². The molecular weight excluding hydrogens is 1380 g/mol. The molecule has 0 amide bonds. The van der Waals surface area contributed by atoms with E-state index in [0.29, 0.717) is 38.5 Å². The van der Waals surface area contributed by atoms with Crippen molar-refractivity contribution in [2.75, 3.05) is 39.6 Å². The molecular formula is C87H152O17P2. The van der Waals surface area contributed by atoms with Crippen LogP contribution in [0.2, 0.25) is 0 Å². The van der Waals surface area contributed by atoms with Gasteiger partial charge in [-0.2, -0.15) is 0 Å². The van der Waals surface area contributed by atoms with Gasteiger partial charge in [-0.05, 0) is 128 Å². The van der Waals surface area contributed by atoms with Crippen molar-refractivity contribution >= 4 is 39.5 Å². The molecule has 612 valence electrons. The summed E-state index contributed by atoms with van der Waals surface area (Å²) in [5.74, 6) is -2.30. The predicted molar refractivity (Wildman–Crippen MR) is 436 cm³/mol. The van der Waals surface area contributed by atoms with E-state index in [9.17, 15) is 43.2 Å². The van der Waals surface area contributed by atoms with Gasteiger partial charge in [0.05, 0.1) is 26.4 Å². The molecule has 0 aromatic heterocycles. The fourth-order valence-corrected chi connectivity index (χ4v) is 12.8. The molecule has 0 aliphatic heterocycles. The highest BCUT2D eigenvalue weighted by Gasteiger charge is 2.30. The van der Waals surface area contributed by atoms with Gasteiger partial charge >= 0.3 is 39.5 Å². The highest BCUT2D eigenvalue weighted by atomic mass is 31.2. The van der Waals surface area contributed by atoms with Gasteiger partial charge in [0.15, 0.2) is 12.2 Å². The van der Waals surface area contributed by atoms with Crippen LogP contribution in [-0.4, -0.2) is 96.7 Å². The molecule has 17 nitrogen and oxygen atoms in total. The van der Waals surface area contributed by atoms with E-state index < -0.39 is 97.5 Å². The van der Waals surface area contributed by atoms with Gasteiger partial charge in [-0.1, -0.05) is 317 Å². The lowest BCUT2D eigenvalue weighted by Crippen LogP contribution is -2.30. The molecule has 0 rings (SSSR count). The Labute approximate surface area is 645 Å². The van der Waals surface area contributed by atoms with E-state index in [0.717, 1.165) is 116 Å². The van der Waals surface area contributed by atoms with E-state index in [1.54, 1.807) is 0 Å². The Bertz CT molecular complexity index is 2430. The first-order chi connectivity index (χ1) is 51.7. The number of aliphatic hydroxyl groups excluding tert-OH is 1. The summed E-state index contributed by atoms with van der Waals surface area (Å²) in [4.78, 5) is 73.1. The van der Waals surface area contributed by atoms with Gasteiger partial charge < -0.3 is 33.8 Å². The number of ether oxygens (including phenoxy) is 4. The third kappa shape index (κ3) is 77.9. The van der Waals surface area contributed by atoms with E-state index in [1.807, 2.05) is 24.3 Å². The zero-order valence-corrected chi connectivity index (χ0v) is 68.9. The van der Waals surface area contributed by atoms with Crippen LogP contribution in [0.5, 0.6) is 0 Å². The van der Waals surface area contributed by atoms with Gasteiger partial charge in [-0.3, -0.25) is 37.3 Å². The van der Waals surface area contributed by atoms with Crippen molar-refractivity contribution in [3.05, 3.63) is 109 Å². The second kappa shape index (κ2) is 78.8. The first-order valence-electron chi connectivity index (χ1n) is 42.1. The lowest BCUT2D eigenvalue weighted by Gasteiger charge is -2.21. The second-order valence-electron chi connectivity index (χ2n) is 28.1. The lowest BCUT2D eigenvalue weighted by atomic mass is 10.0. The van der Waals surface area contributed by atoms with Gasteiger partial charge in [-0.15, -0.1) is 0 Å². The summed E-state index contributed by atoms with van der Waals surface area (Å²) in [7, 11) is -9.99. The standard InChI is InChI=1S/C87H152O17P2/c1-5-9-13-17-21-25-29-33-37-40-44-48-52-56-60-64-68-72-85(90)98-78-83(104-87(92)74-70-66-62-58-54-50-46-42-39-35-31-27-23-19-15-11-7-3)80-102-106(95,96)100-76-81(88)75-99-105(93,94)101-79-82(77-97-84(89)71-67-63-59-55-51-47-43-36-32-28-24-20-16-12-8-4)103-86(91)73-69-65-61-57-53-49-45-41-38-34-30-26-22-18-14-10-6-2/h21,23,25,27,33,35-37,39,43-44,46,48,50,56,58,60,62,81-83,88H,5-20,22,24,26,28-32,34,38,40-42,45,47,49,51-55,57,59,61,63-80H2,1-4H3,(H,93,94)(H,95,96)/b25-21-,27-23-,37-33-,39-35-,43-36-,48-44-,50-46-,60-56-,62-58-/t81-,82+,83+/m0/s1. The van der Waals surface area contributed by atoms with E-state index in [2.05, 4.69) is 113 Å². The van der Waals surface area contributed by atoms with Crippen molar-refractivity contribution in [2.24, 2.45) is 0 Å². The number of rotatable bonds is 79. The second-order valence-corrected chi connectivity index (χ2v) is 31.0. The normalized spacial score (nSPS) is 14.4. The molecule has 2 unspecified atom stereocenters. The van der Waals surface area contributed by atoms with Gasteiger partial charge in [-0.25, -0.2) is 9.13 Å². The Morgan fingerprint density at radius 1 is 0.264 bits per heavy atom. The van der Waals surface area contributed by atoms with E-state index >= 15 is 0 Å². The van der Waals surface area contributed by atoms with Crippen LogP contribution in [0, 0.1) is 0 Å². The predicted octanol–water partition coefficient (Wildman–Crippen LogP) is 24.9.